The zero-order valence-electron chi connectivity index (χ0n) is 10.3. The maximum absolute atomic E-state index is 12.6. The number of halogens is 6. The lowest BCUT2D eigenvalue weighted by Crippen LogP contribution is -2.17. The van der Waals surface area contributed by atoms with Crippen molar-refractivity contribution in [2.75, 3.05) is 0 Å². The molecule has 1 rings (SSSR count). The Morgan fingerprint density at radius 1 is 1.00 bits per heavy atom. The second-order valence-corrected chi connectivity index (χ2v) is 9.95. The lowest BCUT2D eigenvalue weighted by Gasteiger charge is -2.09. The van der Waals surface area contributed by atoms with Gasteiger partial charge in [-0.3, -0.25) is 0 Å². The molecule has 0 amide bonds. The fraction of sp³-hybridized carbons (Fsp3) is 0.556. The zero-order valence-corrected chi connectivity index (χ0v) is 11.3. The lowest BCUT2D eigenvalue weighted by molar-refractivity contribution is -0.150. The van der Waals surface area contributed by atoms with Gasteiger partial charge in [0.2, 0.25) is 5.82 Å². The van der Waals surface area contributed by atoms with Gasteiger partial charge in [-0.05, 0) is 0 Å². The van der Waals surface area contributed by atoms with Crippen LogP contribution < -0.4 is 0 Å². The van der Waals surface area contributed by atoms with Crippen molar-refractivity contribution in [1.29, 1.82) is 0 Å². The zero-order chi connectivity index (χ0) is 15.1. The average molecular weight is 303 g/mol. The molecule has 3 nitrogen and oxygen atoms in total. The first-order valence-corrected chi connectivity index (χ1v) is 8.69. The molecule has 108 valence electrons. The molecule has 0 N–H and O–H groups in total. The number of nitrogens with zero attached hydrogens (tertiary/aromatic N) is 3. The number of alkyl halides is 6. The van der Waals surface area contributed by atoms with Gasteiger partial charge in [-0.2, -0.15) is 31.3 Å². The summed E-state index contributed by atoms with van der Waals surface area (Å²) in [6.45, 7) is 5.45. The first kappa shape index (κ1) is 15.7. The Kier molecular flexibility index (Phi) is 3.85. The third-order valence-electron chi connectivity index (χ3n) is 1.85. The Bertz CT molecular complexity index is 480. The summed E-state index contributed by atoms with van der Waals surface area (Å²) in [7, 11) is -1.88. The largest absolute Gasteiger partial charge is 0.453 e. The summed E-state index contributed by atoms with van der Waals surface area (Å²) < 4.78 is 74.8. The standard InChI is InChI=1S/C9H11F6N3Si/c1-19(2,3)5-4-18-7(9(13,14)15)16-6(17-18)8(10,11)12/h4-5H,1-3H3/b5-4+. The second kappa shape index (κ2) is 4.65. The van der Waals surface area contributed by atoms with E-state index in [2.05, 4.69) is 10.1 Å². The van der Waals surface area contributed by atoms with Gasteiger partial charge in [0.25, 0.3) is 5.82 Å². The van der Waals surface area contributed by atoms with Crippen LogP contribution >= 0.6 is 0 Å². The Morgan fingerprint density at radius 3 is 1.89 bits per heavy atom. The molecule has 0 aliphatic heterocycles. The van der Waals surface area contributed by atoms with Crippen molar-refractivity contribution in [3.63, 3.8) is 0 Å². The van der Waals surface area contributed by atoms with Crippen LogP contribution in [0.15, 0.2) is 5.70 Å². The normalized spacial score (nSPS) is 14.4. The molecule has 0 aromatic carbocycles. The van der Waals surface area contributed by atoms with Crippen molar-refractivity contribution < 1.29 is 26.3 Å². The first-order valence-electron chi connectivity index (χ1n) is 5.11. The summed E-state index contributed by atoms with van der Waals surface area (Å²) in [6, 6.07) is 0. The molecular weight excluding hydrogens is 292 g/mol. The maximum atomic E-state index is 12.6. The van der Waals surface area contributed by atoms with Crippen LogP contribution in [0.25, 0.3) is 6.20 Å². The van der Waals surface area contributed by atoms with Gasteiger partial charge in [-0.25, -0.2) is 4.68 Å². The SMILES string of the molecule is C[Si](C)(C)/C=C/n1nc(C(F)(F)F)nc1C(F)(F)F. The summed E-state index contributed by atoms with van der Waals surface area (Å²) in [6.07, 6.45) is -9.13. The van der Waals surface area contributed by atoms with Crippen molar-refractivity contribution >= 4 is 14.3 Å². The van der Waals surface area contributed by atoms with Crippen LogP contribution in [0.3, 0.4) is 0 Å². The molecule has 0 spiro atoms. The summed E-state index contributed by atoms with van der Waals surface area (Å²) in [4.78, 5) is 2.52. The van der Waals surface area contributed by atoms with E-state index in [4.69, 9.17) is 0 Å². The summed E-state index contributed by atoms with van der Waals surface area (Å²) in [5.74, 6) is -3.49. The van der Waals surface area contributed by atoms with E-state index in [0.717, 1.165) is 6.20 Å². The minimum Gasteiger partial charge on any atom is -0.217 e. The second-order valence-electron chi connectivity index (χ2n) is 4.88. The Morgan fingerprint density at radius 2 is 1.53 bits per heavy atom. The molecule has 0 unspecified atom stereocenters. The van der Waals surface area contributed by atoms with Crippen LogP contribution in [-0.2, 0) is 12.4 Å². The highest BCUT2D eigenvalue weighted by atomic mass is 28.3. The van der Waals surface area contributed by atoms with Gasteiger partial charge in [-0.15, -0.1) is 5.10 Å². The van der Waals surface area contributed by atoms with E-state index in [9.17, 15) is 26.3 Å². The molecule has 19 heavy (non-hydrogen) atoms. The molecule has 1 heterocycles. The first-order chi connectivity index (χ1) is 8.31. The third-order valence-corrected chi connectivity index (χ3v) is 3.00. The maximum Gasteiger partial charge on any atom is 0.453 e. The summed E-state index contributed by atoms with van der Waals surface area (Å²) in [5.41, 5.74) is 1.44. The van der Waals surface area contributed by atoms with Crippen molar-refractivity contribution in [2.24, 2.45) is 0 Å². The average Bonchev–Trinajstić information content (AvgIpc) is 2.55. The molecule has 0 saturated carbocycles. The van der Waals surface area contributed by atoms with Gasteiger partial charge in [0.1, 0.15) is 0 Å². The van der Waals surface area contributed by atoms with Crippen LogP contribution in [0.5, 0.6) is 0 Å². The number of aromatic nitrogens is 3. The van der Waals surface area contributed by atoms with Crippen LogP contribution in [0.2, 0.25) is 19.6 Å². The van der Waals surface area contributed by atoms with Gasteiger partial charge in [0, 0.05) is 6.20 Å². The highest BCUT2D eigenvalue weighted by molar-refractivity contribution is 6.81. The van der Waals surface area contributed by atoms with E-state index in [0.29, 0.717) is 0 Å². The smallest absolute Gasteiger partial charge is 0.217 e. The van der Waals surface area contributed by atoms with Crippen molar-refractivity contribution in [3.8, 4) is 0 Å². The van der Waals surface area contributed by atoms with E-state index in [1.54, 1.807) is 0 Å². The summed E-state index contributed by atoms with van der Waals surface area (Å²) in [5, 5.41) is 2.85. The van der Waals surface area contributed by atoms with Crippen LogP contribution in [0.4, 0.5) is 26.3 Å². The predicted octanol–water partition coefficient (Wildman–Crippen LogP) is 3.66. The topological polar surface area (TPSA) is 30.7 Å². The highest BCUT2D eigenvalue weighted by Gasteiger charge is 2.43. The van der Waals surface area contributed by atoms with E-state index in [1.165, 1.54) is 5.70 Å². The molecule has 0 atom stereocenters. The molecule has 1 aromatic rings. The van der Waals surface area contributed by atoms with Crippen LogP contribution in [0.1, 0.15) is 11.6 Å². The van der Waals surface area contributed by atoms with E-state index in [1.807, 2.05) is 19.6 Å². The molecule has 0 bridgehead atoms. The minimum atomic E-state index is -5.02. The van der Waals surface area contributed by atoms with E-state index >= 15 is 0 Å². The van der Waals surface area contributed by atoms with E-state index in [-0.39, 0.29) is 4.68 Å². The minimum absolute atomic E-state index is 0.126. The van der Waals surface area contributed by atoms with Crippen molar-refractivity contribution in [3.05, 3.63) is 17.3 Å². The van der Waals surface area contributed by atoms with Crippen LogP contribution in [-0.4, -0.2) is 22.8 Å². The van der Waals surface area contributed by atoms with Gasteiger partial charge in [0.05, 0.1) is 8.07 Å². The Hall–Kier alpha value is -1.32. The van der Waals surface area contributed by atoms with Gasteiger partial charge in [0.15, 0.2) is 0 Å². The number of rotatable bonds is 2. The fourth-order valence-electron chi connectivity index (χ4n) is 1.03. The summed E-state index contributed by atoms with van der Waals surface area (Å²) >= 11 is 0. The molecule has 1 aromatic heterocycles. The number of hydrogen-bond acceptors (Lipinski definition) is 2. The fourth-order valence-corrected chi connectivity index (χ4v) is 1.62. The third kappa shape index (κ3) is 4.37. The van der Waals surface area contributed by atoms with E-state index < -0.39 is 32.1 Å². The predicted molar refractivity (Wildman–Crippen MR) is 58.7 cm³/mol. The number of hydrogen-bond donors (Lipinski definition) is 0. The molecule has 0 saturated heterocycles. The quantitative estimate of drug-likeness (QED) is 0.616. The van der Waals surface area contributed by atoms with Crippen molar-refractivity contribution in [1.82, 2.24) is 14.8 Å². The van der Waals surface area contributed by atoms with Crippen molar-refractivity contribution in [2.45, 2.75) is 32.0 Å². The monoisotopic (exact) mass is 303 g/mol. The van der Waals surface area contributed by atoms with Gasteiger partial charge in [-0.1, -0.05) is 25.3 Å². The van der Waals surface area contributed by atoms with Gasteiger partial charge >= 0.3 is 12.4 Å². The molecule has 10 heteroatoms. The lowest BCUT2D eigenvalue weighted by atomic mass is 10.5. The van der Waals surface area contributed by atoms with Crippen LogP contribution in [0, 0.1) is 0 Å². The Labute approximate surface area is 105 Å². The van der Waals surface area contributed by atoms with Gasteiger partial charge < -0.3 is 0 Å². The molecule has 0 aliphatic rings. The molecule has 0 fully saturated rings. The molecule has 0 aliphatic carbocycles. The molecular formula is C9H11F6N3Si. The highest BCUT2D eigenvalue weighted by Crippen LogP contribution is 2.32. The molecule has 0 radical (unpaired) electrons. The Balaban J connectivity index is 3.30.